The third-order valence-corrected chi connectivity index (χ3v) is 0.556. The third kappa shape index (κ3) is 4.96. The van der Waals surface area contributed by atoms with Gasteiger partial charge in [-0.1, -0.05) is 49.6 Å². The van der Waals surface area contributed by atoms with Gasteiger partial charge in [-0.25, -0.2) is 0 Å². The number of allylic oxidation sites excluding steroid dienone is 6. The molecule has 0 amide bonds. The van der Waals surface area contributed by atoms with Crippen LogP contribution in [-0.2, 0) is 0 Å². The predicted molar refractivity (Wildman–Crippen MR) is 36.0 cm³/mol. The van der Waals surface area contributed by atoms with Crippen molar-refractivity contribution < 1.29 is 0 Å². The summed E-state index contributed by atoms with van der Waals surface area (Å²) in [4.78, 5) is 0. The van der Waals surface area contributed by atoms with Crippen molar-refractivity contribution in [2.24, 2.45) is 0 Å². The fourth-order valence-electron chi connectivity index (χ4n) is 0.257. The molecule has 0 aromatic heterocycles. The maximum atomic E-state index is 5.02. The van der Waals surface area contributed by atoms with Crippen molar-refractivity contribution in [3.05, 3.63) is 49.6 Å². The highest BCUT2D eigenvalue weighted by atomic mass is 13.6. The maximum Gasteiger partial charge on any atom is -0.0623 e. The number of hydrogen-bond acceptors (Lipinski definition) is 0. The minimum absolute atomic E-state index is 1.46. The van der Waals surface area contributed by atoms with Crippen molar-refractivity contribution in [1.82, 2.24) is 0 Å². The monoisotopic (exact) mass is 104 g/mol. The van der Waals surface area contributed by atoms with Crippen LogP contribution in [0.2, 0.25) is 0 Å². The smallest absolute Gasteiger partial charge is 0.0623 e. The fourth-order valence-corrected chi connectivity index (χ4v) is 0.257. The molecule has 0 heteroatoms. The minimum Gasteiger partial charge on any atom is -0.0623 e. The summed E-state index contributed by atoms with van der Waals surface area (Å²) in [6.07, 6.45) is 9.95. The molecule has 2 radical (unpaired) electrons. The molecule has 0 rings (SSSR count). The van der Waals surface area contributed by atoms with Gasteiger partial charge in [0.15, 0.2) is 0 Å². The molecule has 0 bridgehead atoms. The Morgan fingerprint density at radius 2 is 1.00 bits per heavy atom. The molecule has 0 nitrogen and oxygen atoms in total. The van der Waals surface area contributed by atoms with Crippen LogP contribution in [0.4, 0.5) is 0 Å². The first-order valence-corrected chi connectivity index (χ1v) is 2.33. The summed E-state index contributed by atoms with van der Waals surface area (Å²) in [7, 11) is 0. The largest absolute Gasteiger partial charge is 0.0623 e. The van der Waals surface area contributed by atoms with E-state index in [1.807, 2.05) is 0 Å². The van der Waals surface area contributed by atoms with Gasteiger partial charge in [0, 0.05) is 0 Å². The Hall–Kier alpha value is -1.04. The summed E-state index contributed by atoms with van der Waals surface area (Å²) in [5.41, 5.74) is 0. The summed E-state index contributed by atoms with van der Waals surface area (Å²) >= 11 is 0. The Bertz CT molecular complexity index is 100. The molecule has 0 heterocycles. The van der Waals surface area contributed by atoms with Crippen molar-refractivity contribution in [2.45, 2.75) is 0 Å². The Labute approximate surface area is 50.5 Å². The Morgan fingerprint density at radius 3 is 1.25 bits per heavy atom. The molecule has 0 saturated carbocycles. The lowest BCUT2D eigenvalue weighted by molar-refractivity contribution is 1.90. The molecule has 0 N–H and O–H groups in total. The van der Waals surface area contributed by atoms with Crippen molar-refractivity contribution in [3.8, 4) is 0 Å². The van der Waals surface area contributed by atoms with Crippen LogP contribution in [0.1, 0.15) is 0 Å². The zero-order valence-electron chi connectivity index (χ0n) is 4.62. The van der Waals surface area contributed by atoms with Gasteiger partial charge in [0.05, 0.1) is 0 Å². The lowest BCUT2D eigenvalue weighted by Crippen LogP contribution is -1.45. The van der Waals surface area contributed by atoms with Crippen LogP contribution in [-0.4, -0.2) is 0 Å². The average molecular weight is 104 g/mol. The van der Waals surface area contributed by atoms with Crippen LogP contribution in [0, 0.1) is 13.2 Å². The zero-order valence-corrected chi connectivity index (χ0v) is 4.62. The SMILES string of the molecule is [CH]=CC=CC=CC=[CH]. The van der Waals surface area contributed by atoms with Crippen LogP contribution in [0.25, 0.3) is 0 Å². The average Bonchev–Trinajstić information content (AvgIpc) is 1.81. The van der Waals surface area contributed by atoms with Gasteiger partial charge >= 0.3 is 0 Å². The summed E-state index contributed by atoms with van der Waals surface area (Å²) in [5, 5.41) is 0. The molecule has 0 aliphatic carbocycles. The van der Waals surface area contributed by atoms with Crippen molar-refractivity contribution in [3.63, 3.8) is 0 Å². The first-order chi connectivity index (χ1) is 3.91. The van der Waals surface area contributed by atoms with Gasteiger partial charge in [-0.3, -0.25) is 0 Å². The number of hydrogen-bond donors (Lipinski definition) is 0. The van der Waals surface area contributed by atoms with E-state index in [2.05, 4.69) is 0 Å². The maximum absolute atomic E-state index is 5.02. The predicted octanol–water partition coefficient (Wildman–Crippen LogP) is 2.08. The molecule has 0 atom stereocenters. The molecule has 0 aliphatic rings. The highest BCUT2D eigenvalue weighted by molar-refractivity contribution is 5.11. The molecule has 0 aromatic rings. The molecule has 8 heavy (non-hydrogen) atoms. The molecule has 40 valence electrons. The zero-order chi connectivity index (χ0) is 6.24. The molecule has 0 aromatic carbocycles. The number of rotatable bonds is 3. The summed E-state index contributed by atoms with van der Waals surface area (Å²) < 4.78 is 0. The van der Waals surface area contributed by atoms with Gasteiger partial charge in [0.1, 0.15) is 0 Å². The molecule has 0 spiro atoms. The van der Waals surface area contributed by atoms with E-state index in [9.17, 15) is 0 Å². The molecule has 0 saturated heterocycles. The third-order valence-electron chi connectivity index (χ3n) is 0.556. The highest BCUT2D eigenvalue weighted by Gasteiger charge is 1.55. The molecule has 0 fully saturated rings. The lowest BCUT2D eigenvalue weighted by Gasteiger charge is -1.66. The van der Waals surface area contributed by atoms with Gasteiger partial charge in [-0.15, -0.1) is 0 Å². The van der Waals surface area contributed by atoms with Crippen LogP contribution < -0.4 is 0 Å². The Kier molecular flexibility index (Phi) is 5.19. The Morgan fingerprint density at radius 1 is 0.625 bits per heavy atom. The van der Waals surface area contributed by atoms with Crippen molar-refractivity contribution in [1.29, 1.82) is 0 Å². The second-order valence-electron chi connectivity index (χ2n) is 1.15. The standard InChI is InChI=1S/C8H8/c1-3-5-7-8-6-4-2/h1-8H. The van der Waals surface area contributed by atoms with E-state index in [0.717, 1.165) is 0 Å². The van der Waals surface area contributed by atoms with Gasteiger partial charge < -0.3 is 0 Å². The van der Waals surface area contributed by atoms with Crippen LogP contribution in [0.3, 0.4) is 0 Å². The first-order valence-electron chi connectivity index (χ1n) is 2.33. The van der Waals surface area contributed by atoms with E-state index >= 15 is 0 Å². The van der Waals surface area contributed by atoms with E-state index < -0.39 is 0 Å². The van der Waals surface area contributed by atoms with Gasteiger partial charge in [0.25, 0.3) is 0 Å². The van der Waals surface area contributed by atoms with Crippen molar-refractivity contribution >= 4 is 0 Å². The second kappa shape index (κ2) is 5.96. The van der Waals surface area contributed by atoms with E-state index in [1.165, 1.54) is 12.2 Å². The topological polar surface area (TPSA) is 0 Å². The fraction of sp³-hybridized carbons (Fsp3) is 0. The Balaban J connectivity index is 3.41. The molecule has 0 unspecified atom stereocenters. The summed E-state index contributed by atoms with van der Waals surface area (Å²) in [6.45, 7) is 10.0. The van der Waals surface area contributed by atoms with E-state index in [1.54, 1.807) is 24.3 Å². The van der Waals surface area contributed by atoms with Crippen LogP contribution in [0.5, 0.6) is 0 Å². The van der Waals surface area contributed by atoms with E-state index in [-0.39, 0.29) is 0 Å². The summed E-state index contributed by atoms with van der Waals surface area (Å²) in [5.74, 6) is 0. The quantitative estimate of drug-likeness (QED) is 0.481. The molecule has 0 aliphatic heterocycles. The van der Waals surface area contributed by atoms with Gasteiger partial charge in [-0.2, -0.15) is 0 Å². The molecular weight excluding hydrogens is 96.1 g/mol. The van der Waals surface area contributed by atoms with Gasteiger partial charge in [-0.05, 0) is 0 Å². The highest BCUT2D eigenvalue weighted by Crippen LogP contribution is 1.76. The second-order valence-corrected chi connectivity index (χ2v) is 1.15. The summed E-state index contributed by atoms with van der Waals surface area (Å²) in [6, 6.07) is 0. The normalized spacial score (nSPS) is 10.5. The van der Waals surface area contributed by atoms with Gasteiger partial charge in [0.2, 0.25) is 0 Å². The lowest BCUT2D eigenvalue weighted by atomic mass is 10.4. The minimum atomic E-state index is 1.46. The van der Waals surface area contributed by atoms with Crippen LogP contribution in [0.15, 0.2) is 36.5 Å². The van der Waals surface area contributed by atoms with E-state index in [0.29, 0.717) is 0 Å². The first kappa shape index (κ1) is 6.96. The van der Waals surface area contributed by atoms with Crippen molar-refractivity contribution in [2.75, 3.05) is 0 Å². The van der Waals surface area contributed by atoms with Crippen LogP contribution >= 0.6 is 0 Å². The van der Waals surface area contributed by atoms with E-state index in [4.69, 9.17) is 13.2 Å². The molecular formula is C8H8.